The van der Waals surface area contributed by atoms with Crippen molar-refractivity contribution in [3.8, 4) is 0 Å². The van der Waals surface area contributed by atoms with Crippen LogP contribution >= 0.6 is 11.3 Å². The van der Waals surface area contributed by atoms with Crippen LogP contribution in [-0.2, 0) is 0 Å². The highest BCUT2D eigenvalue weighted by molar-refractivity contribution is 7.26. The molecule has 0 amide bonds. The zero-order valence-corrected chi connectivity index (χ0v) is 14.3. The third-order valence-corrected chi connectivity index (χ3v) is 8.69. The molecule has 1 heterocycles. The van der Waals surface area contributed by atoms with Crippen molar-refractivity contribution in [2.75, 3.05) is 0 Å². The average Bonchev–Trinajstić information content (AvgIpc) is 3.32. The zero-order chi connectivity index (χ0) is 14.1. The molecule has 21 heavy (non-hydrogen) atoms. The summed E-state index contributed by atoms with van der Waals surface area (Å²) < 4.78 is 1.85. The van der Waals surface area contributed by atoms with Crippen molar-refractivity contribution in [2.45, 2.75) is 94.5 Å². The first-order valence-electron chi connectivity index (χ1n) is 9.63. The first kappa shape index (κ1) is 14.4. The second-order valence-electron chi connectivity index (χ2n) is 8.23. The molecule has 0 radical (unpaired) electrons. The van der Waals surface area contributed by atoms with Gasteiger partial charge in [-0.25, -0.2) is 0 Å². The summed E-state index contributed by atoms with van der Waals surface area (Å²) in [6.07, 6.45) is 18.1. The van der Waals surface area contributed by atoms with Gasteiger partial charge in [0.05, 0.1) is 0 Å². The minimum absolute atomic E-state index is 0.266. The van der Waals surface area contributed by atoms with E-state index in [0.717, 1.165) is 17.5 Å². The van der Waals surface area contributed by atoms with Crippen LogP contribution in [0.1, 0.15) is 77.0 Å². The molecule has 0 bridgehead atoms. The lowest BCUT2D eigenvalue weighted by Gasteiger charge is -2.55. The summed E-state index contributed by atoms with van der Waals surface area (Å²) in [5.74, 6) is 3.19. The standard InChI is InChI=1S/C19H30BS/c1-2-9-16(8-1)20(17-10-3-4-11-17,18-12-5-6-13-18)19-14-7-15-21-19/h7,14-18H,1-6,8-13H2/q-1. The quantitative estimate of drug-likeness (QED) is 0.578. The van der Waals surface area contributed by atoms with E-state index >= 15 is 0 Å². The maximum Gasteiger partial charge on any atom is 0.0487 e. The Bertz CT molecular complexity index is 393. The molecular weight excluding hydrogens is 271 g/mol. The fourth-order valence-corrected chi connectivity index (χ4v) is 8.24. The molecule has 0 aromatic carbocycles. The Kier molecular flexibility index (Phi) is 4.18. The van der Waals surface area contributed by atoms with Crippen LogP contribution in [0.15, 0.2) is 17.5 Å². The molecule has 0 aliphatic heterocycles. The Morgan fingerprint density at radius 3 is 1.48 bits per heavy atom. The first-order valence-corrected chi connectivity index (χ1v) is 10.5. The van der Waals surface area contributed by atoms with E-state index in [-0.39, 0.29) is 6.15 Å². The van der Waals surface area contributed by atoms with Crippen LogP contribution in [0.4, 0.5) is 0 Å². The third-order valence-electron chi connectivity index (χ3n) is 7.58. The van der Waals surface area contributed by atoms with Crippen molar-refractivity contribution in [3.63, 3.8) is 0 Å². The Labute approximate surface area is 134 Å². The highest BCUT2D eigenvalue weighted by Crippen LogP contribution is 2.58. The summed E-state index contributed by atoms with van der Waals surface area (Å²) in [5, 5.41) is 2.37. The third kappa shape index (κ3) is 2.33. The summed E-state index contributed by atoms with van der Waals surface area (Å²) in [4.78, 5) is 0. The molecule has 3 aliphatic carbocycles. The van der Waals surface area contributed by atoms with Gasteiger partial charge in [-0.3, -0.25) is 0 Å². The van der Waals surface area contributed by atoms with Gasteiger partial charge >= 0.3 is 0 Å². The predicted molar refractivity (Wildman–Crippen MR) is 96.4 cm³/mol. The van der Waals surface area contributed by atoms with Crippen molar-refractivity contribution in [2.24, 2.45) is 0 Å². The van der Waals surface area contributed by atoms with Crippen LogP contribution in [0.3, 0.4) is 0 Å². The predicted octanol–water partition coefficient (Wildman–Crippen LogP) is 6.24. The monoisotopic (exact) mass is 301 g/mol. The van der Waals surface area contributed by atoms with Crippen LogP contribution in [0.5, 0.6) is 0 Å². The largest absolute Gasteiger partial charge is 0.192 e. The van der Waals surface area contributed by atoms with E-state index in [9.17, 15) is 0 Å². The van der Waals surface area contributed by atoms with Gasteiger partial charge < -0.3 is 0 Å². The van der Waals surface area contributed by atoms with Crippen molar-refractivity contribution >= 4 is 22.3 Å². The molecule has 0 unspecified atom stereocenters. The van der Waals surface area contributed by atoms with Crippen molar-refractivity contribution < 1.29 is 0 Å². The van der Waals surface area contributed by atoms with Crippen molar-refractivity contribution in [1.82, 2.24) is 0 Å². The average molecular weight is 301 g/mol. The number of hydrogen-bond acceptors (Lipinski definition) is 1. The molecule has 0 atom stereocenters. The lowest BCUT2D eigenvalue weighted by molar-refractivity contribution is 0.689. The van der Waals surface area contributed by atoms with Gasteiger partial charge in [-0.1, -0.05) is 89.2 Å². The van der Waals surface area contributed by atoms with Gasteiger partial charge in [0, 0.05) is 6.15 Å². The minimum Gasteiger partial charge on any atom is -0.192 e. The fraction of sp³-hybridized carbons (Fsp3) is 0.789. The highest BCUT2D eigenvalue weighted by Gasteiger charge is 2.47. The molecule has 4 rings (SSSR count). The molecule has 3 aliphatic rings. The first-order chi connectivity index (χ1) is 10.4. The van der Waals surface area contributed by atoms with E-state index in [1.165, 1.54) is 38.5 Å². The van der Waals surface area contributed by atoms with Crippen LogP contribution in [-0.4, -0.2) is 6.15 Å². The Hall–Kier alpha value is -0.235. The van der Waals surface area contributed by atoms with Gasteiger partial charge in [-0.15, -0.1) is 0 Å². The maximum atomic E-state index is 2.54. The van der Waals surface area contributed by atoms with Gasteiger partial charge in [-0.2, -0.15) is 33.6 Å². The lowest BCUT2D eigenvalue weighted by Crippen LogP contribution is -2.56. The molecule has 0 N–H and O–H groups in total. The van der Waals surface area contributed by atoms with Crippen LogP contribution in [0.25, 0.3) is 0 Å². The highest BCUT2D eigenvalue weighted by atomic mass is 32.1. The zero-order valence-electron chi connectivity index (χ0n) is 13.4. The number of rotatable bonds is 4. The van der Waals surface area contributed by atoms with E-state index in [0.29, 0.717) is 0 Å². The molecule has 3 fully saturated rings. The van der Waals surface area contributed by atoms with Crippen molar-refractivity contribution in [1.29, 1.82) is 0 Å². The van der Waals surface area contributed by atoms with E-state index in [1.54, 1.807) is 38.5 Å². The normalized spacial score (nSPS) is 26.1. The number of thiophene rings is 1. The molecular formula is C19H30BS-. The second-order valence-corrected chi connectivity index (χ2v) is 9.21. The topological polar surface area (TPSA) is 0 Å². The van der Waals surface area contributed by atoms with Crippen LogP contribution in [0.2, 0.25) is 17.5 Å². The molecule has 3 saturated carbocycles. The Morgan fingerprint density at radius 1 is 0.714 bits per heavy atom. The molecule has 116 valence electrons. The van der Waals surface area contributed by atoms with Gasteiger partial charge in [0.25, 0.3) is 0 Å². The molecule has 1 aromatic heterocycles. The van der Waals surface area contributed by atoms with Gasteiger partial charge in [0.1, 0.15) is 0 Å². The molecule has 2 heteroatoms. The summed E-state index contributed by atoms with van der Waals surface area (Å²) in [6, 6.07) is 4.88. The second kappa shape index (κ2) is 6.10. The van der Waals surface area contributed by atoms with E-state index in [4.69, 9.17) is 0 Å². The van der Waals surface area contributed by atoms with Crippen molar-refractivity contribution in [3.05, 3.63) is 17.5 Å². The van der Waals surface area contributed by atoms with E-state index in [2.05, 4.69) is 28.8 Å². The lowest BCUT2D eigenvalue weighted by atomic mass is 9.07. The molecule has 0 nitrogen and oxygen atoms in total. The molecule has 1 aromatic rings. The summed E-state index contributed by atoms with van der Waals surface area (Å²) >= 11 is 2.12. The SMILES string of the molecule is c1csc([B-](C2CCCC2)(C2CCCC2)C2CCCC2)c1. The minimum atomic E-state index is -0.266. The molecule has 0 saturated heterocycles. The Balaban J connectivity index is 1.80. The summed E-state index contributed by atoms with van der Waals surface area (Å²) in [7, 11) is 0. The van der Waals surface area contributed by atoms with E-state index < -0.39 is 0 Å². The van der Waals surface area contributed by atoms with E-state index in [1.807, 2.05) is 4.78 Å². The van der Waals surface area contributed by atoms with Crippen LogP contribution < -0.4 is 4.78 Å². The van der Waals surface area contributed by atoms with Gasteiger partial charge in [0.2, 0.25) is 0 Å². The Morgan fingerprint density at radius 2 is 1.14 bits per heavy atom. The fourth-order valence-electron chi connectivity index (χ4n) is 6.95. The maximum absolute atomic E-state index is 2.54. The summed E-state index contributed by atoms with van der Waals surface area (Å²) in [5.41, 5.74) is 0. The number of hydrogen-bond donors (Lipinski definition) is 0. The summed E-state index contributed by atoms with van der Waals surface area (Å²) in [6.45, 7) is 0. The van der Waals surface area contributed by atoms with Gasteiger partial charge in [0.15, 0.2) is 0 Å². The van der Waals surface area contributed by atoms with Crippen LogP contribution in [0, 0.1) is 0 Å². The van der Waals surface area contributed by atoms with Gasteiger partial charge in [-0.05, 0) is 5.38 Å². The smallest absolute Gasteiger partial charge is 0.0487 e. The molecule has 0 spiro atoms.